The highest BCUT2D eigenvalue weighted by molar-refractivity contribution is 7.91. The molecular weight excluding hydrogens is 422 g/mol. The van der Waals surface area contributed by atoms with Crippen LogP contribution < -0.4 is 14.8 Å². The zero-order valence-electron chi connectivity index (χ0n) is 16.5. The molecule has 1 N–H and O–H groups in total. The minimum absolute atomic E-state index is 0.111. The summed E-state index contributed by atoms with van der Waals surface area (Å²) < 4.78 is 37.4. The van der Waals surface area contributed by atoms with Crippen molar-refractivity contribution in [2.75, 3.05) is 19.0 Å². The van der Waals surface area contributed by atoms with Crippen LogP contribution in [0, 0.1) is 0 Å². The number of hydrogen-bond donors (Lipinski definition) is 1. The monoisotopic (exact) mass is 443 g/mol. The third-order valence-corrected chi connectivity index (χ3v) is 8.05. The maximum atomic E-state index is 13.3. The molecule has 0 bridgehead atoms. The molecule has 0 spiro atoms. The fraction of sp³-hybridized carbons (Fsp3) is 0.227. The lowest BCUT2D eigenvalue weighted by Crippen LogP contribution is -2.23. The molecule has 1 amide bonds. The maximum Gasteiger partial charge on any atom is 0.225 e. The van der Waals surface area contributed by atoms with Crippen LogP contribution in [0.3, 0.4) is 0 Å². The van der Waals surface area contributed by atoms with Crippen LogP contribution >= 0.6 is 11.3 Å². The largest absolute Gasteiger partial charge is 0.497 e. The summed E-state index contributed by atoms with van der Waals surface area (Å²) in [6, 6.07) is 13.8. The average Bonchev–Trinajstić information content (AvgIpc) is 3.18. The van der Waals surface area contributed by atoms with E-state index in [4.69, 9.17) is 9.47 Å². The van der Waals surface area contributed by atoms with E-state index in [1.165, 1.54) is 30.6 Å². The SMILES string of the molecule is CCOc1ccccc1[C@@H]1CC(=O)Nc2c(S(=O)(=O)c3ccc(OC)cc3)csc21. The number of carbonyl (C=O) groups is 1. The molecule has 2 aromatic carbocycles. The van der Waals surface area contributed by atoms with Crippen molar-refractivity contribution >= 4 is 32.8 Å². The molecule has 30 heavy (non-hydrogen) atoms. The van der Waals surface area contributed by atoms with E-state index in [-0.39, 0.29) is 28.0 Å². The summed E-state index contributed by atoms with van der Waals surface area (Å²) in [4.78, 5) is 13.6. The molecule has 1 aromatic heterocycles. The Morgan fingerprint density at radius 2 is 1.87 bits per heavy atom. The zero-order chi connectivity index (χ0) is 21.3. The molecule has 4 rings (SSSR count). The summed E-state index contributed by atoms with van der Waals surface area (Å²) in [5.74, 6) is 0.797. The van der Waals surface area contributed by atoms with Gasteiger partial charge in [-0.2, -0.15) is 0 Å². The van der Waals surface area contributed by atoms with Gasteiger partial charge in [-0.3, -0.25) is 4.79 Å². The number of amides is 1. The van der Waals surface area contributed by atoms with E-state index >= 15 is 0 Å². The van der Waals surface area contributed by atoms with Crippen LogP contribution in [0.2, 0.25) is 0 Å². The molecule has 0 radical (unpaired) electrons. The van der Waals surface area contributed by atoms with Gasteiger partial charge in [0.2, 0.25) is 15.7 Å². The number of nitrogens with one attached hydrogen (secondary N) is 1. The molecule has 6 nitrogen and oxygen atoms in total. The molecule has 0 unspecified atom stereocenters. The standard InChI is InChI=1S/C22H21NO5S2/c1-3-28-18-7-5-4-6-16(18)17-12-20(24)23-21-19(13-29-22(17)21)30(25,26)15-10-8-14(27-2)9-11-15/h4-11,13,17H,3,12H2,1-2H3,(H,23,24)/t17-/m0/s1. The average molecular weight is 444 g/mol. The number of methoxy groups -OCH3 is 1. The molecule has 0 saturated heterocycles. The van der Waals surface area contributed by atoms with Crippen LogP contribution in [0.4, 0.5) is 5.69 Å². The molecule has 8 heteroatoms. The number of fused-ring (bicyclic) bond motifs is 1. The third-order valence-electron chi connectivity index (χ3n) is 5.01. The van der Waals surface area contributed by atoms with Gasteiger partial charge < -0.3 is 14.8 Å². The Hall–Kier alpha value is -2.84. The molecule has 1 atom stereocenters. The first kappa shape index (κ1) is 20.4. The van der Waals surface area contributed by atoms with Gasteiger partial charge in [-0.25, -0.2) is 8.42 Å². The van der Waals surface area contributed by atoms with Crippen LogP contribution in [0.15, 0.2) is 63.7 Å². The van der Waals surface area contributed by atoms with E-state index in [1.807, 2.05) is 31.2 Å². The van der Waals surface area contributed by atoms with E-state index in [0.717, 1.165) is 10.4 Å². The van der Waals surface area contributed by atoms with Crippen molar-refractivity contribution in [3.63, 3.8) is 0 Å². The van der Waals surface area contributed by atoms with Crippen LogP contribution in [0.1, 0.15) is 29.7 Å². The van der Waals surface area contributed by atoms with E-state index in [0.29, 0.717) is 23.8 Å². The zero-order valence-corrected chi connectivity index (χ0v) is 18.2. The second kappa shape index (κ2) is 8.12. The van der Waals surface area contributed by atoms with Gasteiger partial charge in [0.15, 0.2) is 0 Å². The van der Waals surface area contributed by atoms with Gasteiger partial charge in [-0.05, 0) is 37.3 Å². The molecule has 0 fully saturated rings. The van der Waals surface area contributed by atoms with Gasteiger partial charge >= 0.3 is 0 Å². The van der Waals surface area contributed by atoms with Crippen LogP contribution in [-0.2, 0) is 14.6 Å². The van der Waals surface area contributed by atoms with Gasteiger partial charge in [-0.1, -0.05) is 18.2 Å². The fourth-order valence-corrected chi connectivity index (χ4v) is 6.49. The Labute approximate surface area is 179 Å². The van der Waals surface area contributed by atoms with Gasteiger partial charge in [-0.15, -0.1) is 11.3 Å². The van der Waals surface area contributed by atoms with E-state index in [9.17, 15) is 13.2 Å². The van der Waals surface area contributed by atoms with E-state index < -0.39 is 9.84 Å². The molecular formula is C22H21NO5S2. The predicted molar refractivity (Wildman–Crippen MR) is 115 cm³/mol. The Morgan fingerprint density at radius 1 is 1.13 bits per heavy atom. The minimum Gasteiger partial charge on any atom is -0.497 e. The van der Waals surface area contributed by atoms with Crippen LogP contribution in [-0.4, -0.2) is 28.0 Å². The lowest BCUT2D eigenvalue weighted by molar-refractivity contribution is -0.116. The van der Waals surface area contributed by atoms with E-state index in [1.54, 1.807) is 17.5 Å². The van der Waals surface area contributed by atoms with Gasteiger partial charge in [0.1, 0.15) is 16.4 Å². The summed E-state index contributed by atoms with van der Waals surface area (Å²) >= 11 is 1.34. The number of anilines is 1. The highest BCUT2D eigenvalue weighted by Crippen LogP contribution is 2.47. The number of benzene rings is 2. The fourth-order valence-electron chi connectivity index (χ4n) is 3.59. The molecule has 2 heterocycles. The van der Waals surface area contributed by atoms with Gasteiger partial charge in [0.05, 0.1) is 24.3 Å². The summed E-state index contributed by atoms with van der Waals surface area (Å²) in [5.41, 5.74) is 1.24. The topological polar surface area (TPSA) is 81.7 Å². The molecule has 1 aliphatic rings. The first-order valence-electron chi connectivity index (χ1n) is 9.47. The predicted octanol–water partition coefficient (Wildman–Crippen LogP) is 4.46. The van der Waals surface area contributed by atoms with Gasteiger partial charge in [0.25, 0.3) is 0 Å². The van der Waals surface area contributed by atoms with Crippen molar-refractivity contribution in [1.29, 1.82) is 0 Å². The second-order valence-corrected chi connectivity index (χ2v) is 9.62. The molecule has 1 aliphatic heterocycles. The molecule has 156 valence electrons. The number of rotatable bonds is 6. The van der Waals surface area contributed by atoms with Crippen molar-refractivity contribution in [1.82, 2.24) is 0 Å². The van der Waals surface area contributed by atoms with Gasteiger partial charge in [0, 0.05) is 28.2 Å². The summed E-state index contributed by atoms with van der Waals surface area (Å²) in [6.45, 7) is 2.41. The maximum absolute atomic E-state index is 13.3. The minimum atomic E-state index is -3.80. The Balaban J connectivity index is 1.80. The first-order chi connectivity index (χ1) is 14.5. The number of para-hydroxylation sites is 1. The summed E-state index contributed by atoms with van der Waals surface area (Å²) in [7, 11) is -2.28. The Morgan fingerprint density at radius 3 is 2.57 bits per heavy atom. The van der Waals surface area contributed by atoms with Crippen molar-refractivity contribution in [2.45, 2.75) is 29.1 Å². The molecule has 3 aromatic rings. The number of hydrogen-bond acceptors (Lipinski definition) is 6. The number of thiophene rings is 1. The van der Waals surface area contributed by atoms with Crippen molar-refractivity contribution in [2.24, 2.45) is 0 Å². The highest BCUT2D eigenvalue weighted by Gasteiger charge is 2.35. The van der Waals surface area contributed by atoms with Crippen molar-refractivity contribution < 1.29 is 22.7 Å². The second-order valence-electron chi connectivity index (χ2n) is 6.79. The number of ether oxygens (including phenoxy) is 2. The Kier molecular flexibility index (Phi) is 5.53. The van der Waals surface area contributed by atoms with Crippen molar-refractivity contribution in [3.8, 4) is 11.5 Å². The number of sulfone groups is 1. The highest BCUT2D eigenvalue weighted by atomic mass is 32.2. The summed E-state index contributed by atoms with van der Waals surface area (Å²) in [5, 5.41) is 4.39. The molecule has 0 saturated carbocycles. The summed E-state index contributed by atoms with van der Waals surface area (Å²) in [6.07, 6.45) is 0.236. The quantitative estimate of drug-likeness (QED) is 0.608. The van der Waals surface area contributed by atoms with Crippen LogP contribution in [0.5, 0.6) is 11.5 Å². The van der Waals surface area contributed by atoms with E-state index in [2.05, 4.69) is 5.32 Å². The Bertz CT molecular complexity index is 1180. The normalized spacial score (nSPS) is 15.9. The molecule has 0 aliphatic carbocycles. The van der Waals surface area contributed by atoms with Crippen LogP contribution in [0.25, 0.3) is 0 Å². The number of carbonyl (C=O) groups excluding carboxylic acids is 1. The smallest absolute Gasteiger partial charge is 0.225 e. The third kappa shape index (κ3) is 3.57. The first-order valence-corrected chi connectivity index (χ1v) is 11.8. The van der Waals surface area contributed by atoms with Crippen molar-refractivity contribution in [3.05, 3.63) is 64.4 Å². The lowest BCUT2D eigenvalue weighted by Gasteiger charge is -2.25. The lowest BCUT2D eigenvalue weighted by atomic mass is 9.90.